The van der Waals surface area contributed by atoms with Gasteiger partial charge in [0, 0.05) is 5.41 Å². The Morgan fingerprint density at radius 3 is 1.45 bits per heavy atom. The third-order valence-corrected chi connectivity index (χ3v) is 7.24. The van der Waals surface area contributed by atoms with Gasteiger partial charge in [0.1, 0.15) is 0 Å². The van der Waals surface area contributed by atoms with Crippen molar-refractivity contribution in [2.45, 2.75) is 50.9 Å². The van der Waals surface area contributed by atoms with Crippen molar-refractivity contribution in [3.05, 3.63) is 108 Å². The van der Waals surface area contributed by atoms with E-state index in [4.69, 9.17) is 0 Å². The maximum atomic E-state index is 2.31. The van der Waals surface area contributed by atoms with Gasteiger partial charge in [-0.25, -0.2) is 0 Å². The van der Waals surface area contributed by atoms with Crippen molar-refractivity contribution < 1.29 is 0 Å². The first kappa shape index (κ1) is 21.8. The zero-order valence-corrected chi connectivity index (χ0v) is 18.8. The number of unbranched alkanes of at least 4 members (excludes halogenated alkanes) is 4. The van der Waals surface area contributed by atoms with E-state index in [0.29, 0.717) is 0 Å². The van der Waals surface area contributed by atoms with Gasteiger partial charge in [-0.3, -0.25) is 0 Å². The first-order valence-corrected chi connectivity index (χ1v) is 12.7. The van der Waals surface area contributed by atoms with Crippen LogP contribution in [0.5, 0.6) is 0 Å². The topological polar surface area (TPSA) is 0 Å². The highest BCUT2D eigenvalue weighted by molar-refractivity contribution is 7.37. The quantitative estimate of drug-likeness (QED) is 0.163. The van der Waals surface area contributed by atoms with Crippen LogP contribution in [-0.2, 0) is 5.41 Å². The number of hydrogen-bond donors (Lipinski definition) is 0. The van der Waals surface area contributed by atoms with Gasteiger partial charge in [0.15, 0.2) is 0 Å². The van der Waals surface area contributed by atoms with Crippen molar-refractivity contribution >= 4 is 8.58 Å². The van der Waals surface area contributed by atoms with Crippen LogP contribution < -0.4 is 0 Å². The lowest BCUT2D eigenvalue weighted by Crippen LogP contribution is -2.30. The van der Waals surface area contributed by atoms with Crippen LogP contribution in [0.25, 0.3) is 0 Å². The summed E-state index contributed by atoms with van der Waals surface area (Å²) >= 11 is 0. The van der Waals surface area contributed by atoms with Crippen LogP contribution in [-0.4, -0.2) is 12.3 Å². The van der Waals surface area contributed by atoms with Gasteiger partial charge in [0.25, 0.3) is 0 Å². The second-order valence-electron chi connectivity index (χ2n) is 7.92. The number of rotatable bonds is 12. The largest absolute Gasteiger partial charge is 0.122 e. The molecule has 152 valence electrons. The Morgan fingerprint density at radius 1 is 0.552 bits per heavy atom. The summed E-state index contributed by atoms with van der Waals surface area (Å²) in [5.41, 5.74) is 4.15. The molecule has 0 amide bonds. The van der Waals surface area contributed by atoms with Gasteiger partial charge in [-0.05, 0) is 41.9 Å². The first-order valence-electron chi connectivity index (χ1n) is 11.2. The molecule has 0 saturated carbocycles. The van der Waals surface area contributed by atoms with E-state index in [9.17, 15) is 0 Å². The average Bonchev–Trinajstić information content (AvgIpc) is 2.80. The molecule has 1 unspecified atom stereocenters. The van der Waals surface area contributed by atoms with Crippen LogP contribution in [0.4, 0.5) is 0 Å². The second kappa shape index (κ2) is 11.9. The molecule has 0 radical (unpaired) electrons. The fraction of sp³-hybridized carbons (Fsp3) is 0.357. The van der Waals surface area contributed by atoms with Crippen LogP contribution >= 0.6 is 8.58 Å². The van der Waals surface area contributed by atoms with Crippen molar-refractivity contribution in [1.29, 1.82) is 0 Å². The Bertz CT molecular complexity index is 699. The molecule has 0 bridgehead atoms. The highest BCUT2D eigenvalue weighted by atomic mass is 31.1. The predicted octanol–water partition coefficient (Wildman–Crippen LogP) is 8.06. The molecule has 0 heterocycles. The van der Waals surface area contributed by atoms with Gasteiger partial charge in [0.2, 0.25) is 0 Å². The summed E-state index contributed by atoms with van der Waals surface area (Å²) in [6.07, 6.45) is 10.8. The van der Waals surface area contributed by atoms with Gasteiger partial charge in [0.05, 0.1) is 0 Å². The molecule has 29 heavy (non-hydrogen) atoms. The Morgan fingerprint density at radius 2 is 1.00 bits per heavy atom. The van der Waals surface area contributed by atoms with Crippen LogP contribution in [0, 0.1) is 0 Å². The maximum absolute atomic E-state index is 2.31. The van der Waals surface area contributed by atoms with Gasteiger partial charge in [-0.1, -0.05) is 124 Å². The molecule has 1 atom stereocenters. The predicted molar refractivity (Wildman–Crippen MR) is 131 cm³/mol. The zero-order valence-electron chi connectivity index (χ0n) is 17.8. The second-order valence-corrected chi connectivity index (χ2v) is 9.42. The smallest absolute Gasteiger partial charge is 0.0454 e. The summed E-state index contributed by atoms with van der Waals surface area (Å²) in [6, 6.07) is 33.4. The van der Waals surface area contributed by atoms with Crippen LogP contribution in [0.15, 0.2) is 91.0 Å². The summed E-state index contributed by atoms with van der Waals surface area (Å²) in [6.45, 7) is 2.29. The SMILES string of the molecule is CCCCCCCPCCC(c1ccccc1)(c1ccccc1)c1ccccc1. The molecule has 0 fully saturated rings. The normalized spacial score (nSPS) is 11.9. The molecule has 3 aromatic carbocycles. The molecule has 0 spiro atoms. The van der Waals surface area contributed by atoms with E-state index in [2.05, 4.69) is 97.9 Å². The van der Waals surface area contributed by atoms with Gasteiger partial charge in [-0.2, -0.15) is 0 Å². The van der Waals surface area contributed by atoms with E-state index in [1.165, 1.54) is 67.5 Å². The average molecular weight is 403 g/mol. The Labute approximate surface area is 179 Å². The minimum Gasteiger partial charge on any atom is -0.122 e. The molecule has 0 aliphatic carbocycles. The summed E-state index contributed by atoms with van der Waals surface area (Å²) in [5, 5.41) is 0. The molecule has 0 nitrogen and oxygen atoms in total. The highest BCUT2D eigenvalue weighted by Gasteiger charge is 2.35. The van der Waals surface area contributed by atoms with Gasteiger partial charge >= 0.3 is 0 Å². The molecule has 3 rings (SSSR count). The molecule has 3 aromatic rings. The lowest BCUT2D eigenvalue weighted by atomic mass is 9.68. The maximum Gasteiger partial charge on any atom is 0.0454 e. The Hall–Kier alpha value is -1.91. The highest BCUT2D eigenvalue weighted by Crippen LogP contribution is 2.43. The molecule has 0 aromatic heterocycles. The van der Waals surface area contributed by atoms with Crippen molar-refractivity contribution in [3.8, 4) is 0 Å². The minimum absolute atomic E-state index is 0.0704. The molecule has 0 N–H and O–H groups in total. The molecule has 0 saturated heterocycles. The molecule has 1 heteroatoms. The van der Waals surface area contributed by atoms with E-state index in [1.807, 2.05) is 0 Å². The summed E-state index contributed by atoms with van der Waals surface area (Å²) < 4.78 is 0. The molecule has 0 aliphatic rings. The number of hydrogen-bond acceptors (Lipinski definition) is 0. The van der Waals surface area contributed by atoms with Gasteiger partial charge < -0.3 is 0 Å². The third-order valence-electron chi connectivity index (χ3n) is 5.93. The standard InChI is InChI=1S/C28H35P/c1-2-3-4-5-15-23-29-24-22-28(25-16-9-6-10-17-25,26-18-11-7-12-19-26)27-20-13-8-14-21-27/h6-14,16-21,29H,2-5,15,22-24H2,1H3. The van der Waals surface area contributed by atoms with E-state index < -0.39 is 0 Å². The van der Waals surface area contributed by atoms with Crippen LogP contribution in [0.1, 0.15) is 62.1 Å². The van der Waals surface area contributed by atoms with Crippen molar-refractivity contribution in [2.75, 3.05) is 12.3 Å². The third kappa shape index (κ3) is 5.80. The minimum atomic E-state index is -0.0704. The van der Waals surface area contributed by atoms with E-state index in [1.54, 1.807) is 0 Å². The van der Waals surface area contributed by atoms with Crippen LogP contribution in [0.2, 0.25) is 0 Å². The number of benzene rings is 3. The van der Waals surface area contributed by atoms with Crippen LogP contribution in [0.3, 0.4) is 0 Å². The van der Waals surface area contributed by atoms with E-state index in [-0.39, 0.29) is 5.41 Å². The van der Waals surface area contributed by atoms with Crippen molar-refractivity contribution in [3.63, 3.8) is 0 Å². The summed E-state index contributed by atoms with van der Waals surface area (Å²) in [4.78, 5) is 0. The molecule has 0 aliphatic heterocycles. The van der Waals surface area contributed by atoms with Crippen molar-refractivity contribution in [1.82, 2.24) is 0 Å². The van der Waals surface area contributed by atoms with E-state index in [0.717, 1.165) is 8.58 Å². The molecular formula is C28H35P. The van der Waals surface area contributed by atoms with Crippen molar-refractivity contribution in [2.24, 2.45) is 0 Å². The van der Waals surface area contributed by atoms with Gasteiger partial charge in [-0.15, -0.1) is 8.58 Å². The Kier molecular flexibility index (Phi) is 8.97. The molecular weight excluding hydrogens is 367 g/mol. The lowest BCUT2D eigenvalue weighted by molar-refractivity contribution is 0.597. The first-order chi connectivity index (χ1) is 14.4. The Balaban J connectivity index is 1.83. The van der Waals surface area contributed by atoms with E-state index >= 15 is 0 Å². The summed E-state index contributed by atoms with van der Waals surface area (Å²) in [7, 11) is 1.05. The zero-order chi connectivity index (χ0) is 20.2. The fourth-order valence-electron chi connectivity index (χ4n) is 4.36. The fourth-order valence-corrected chi connectivity index (χ4v) is 5.66. The lowest BCUT2D eigenvalue weighted by Gasteiger charge is -2.36. The summed E-state index contributed by atoms with van der Waals surface area (Å²) in [5.74, 6) is 0. The monoisotopic (exact) mass is 402 g/mol.